The fourth-order valence-electron chi connectivity index (χ4n) is 3.09. The second-order valence-corrected chi connectivity index (χ2v) is 8.41. The molecule has 3 atom stereocenters. The third-order valence-electron chi connectivity index (χ3n) is 4.16. The molecule has 1 saturated carbocycles. The van der Waals surface area contributed by atoms with E-state index in [4.69, 9.17) is 14.6 Å². The summed E-state index contributed by atoms with van der Waals surface area (Å²) in [6.07, 6.45) is 0.151. The molecule has 0 aliphatic heterocycles. The van der Waals surface area contributed by atoms with Crippen LogP contribution in [0.1, 0.15) is 40.0 Å². The molecular formula is C17H26N4O8S. The average molecular weight is 446 g/mol. The van der Waals surface area contributed by atoms with Crippen LogP contribution >= 0.6 is 11.8 Å². The minimum atomic E-state index is -1.50. The maximum atomic E-state index is 12.2. The van der Waals surface area contributed by atoms with Crippen molar-refractivity contribution in [2.45, 2.75) is 69.2 Å². The quantitative estimate of drug-likeness (QED) is 0.127. The van der Waals surface area contributed by atoms with Gasteiger partial charge in [0.15, 0.2) is 10.9 Å². The van der Waals surface area contributed by atoms with Crippen molar-refractivity contribution in [3.05, 3.63) is 20.5 Å². The summed E-state index contributed by atoms with van der Waals surface area (Å²) in [5, 5.41) is 33.4. The Morgan fingerprint density at radius 2 is 2.17 bits per heavy atom. The Morgan fingerprint density at radius 3 is 2.73 bits per heavy atom. The van der Waals surface area contributed by atoms with Crippen LogP contribution in [-0.2, 0) is 14.3 Å². The molecule has 1 heterocycles. The van der Waals surface area contributed by atoms with Crippen LogP contribution in [0.4, 0.5) is 11.5 Å². The number of aliphatic carboxylic acids is 1. The Hall–Kier alpha value is -2.22. The minimum Gasteiger partial charge on any atom is -0.480 e. The van der Waals surface area contributed by atoms with Gasteiger partial charge in [0.25, 0.3) is 0 Å². The van der Waals surface area contributed by atoms with Crippen molar-refractivity contribution in [3.63, 3.8) is 0 Å². The first-order chi connectivity index (χ1) is 14.0. The molecule has 0 amide bonds. The Kier molecular flexibility index (Phi) is 8.18. The number of hydrogen-bond acceptors (Lipinski definition) is 10. The van der Waals surface area contributed by atoms with Crippen molar-refractivity contribution in [3.8, 4) is 0 Å². The van der Waals surface area contributed by atoms with Crippen LogP contribution in [-0.4, -0.2) is 67.5 Å². The van der Waals surface area contributed by atoms with Gasteiger partial charge in [-0.05, 0) is 26.7 Å². The number of carboxylic acids is 1. The number of hydrogen-bond donors (Lipinski definition) is 4. The molecule has 0 saturated heterocycles. The number of aliphatic hydroxyl groups is 1. The van der Waals surface area contributed by atoms with Gasteiger partial charge in [-0.3, -0.25) is 19.9 Å². The first-order valence-corrected chi connectivity index (χ1v) is 10.4. The number of rotatable bonds is 11. The van der Waals surface area contributed by atoms with E-state index in [1.54, 1.807) is 0 Å². The van der Waals surface area contributed by atoms with E-state index >= 15 is 0 Å². The topological polar surface area (TPSA) is 177 Å². The molecule has 1 aromatic rings. The normalized spacial score (nSPS) is 21.5. The minimum absolute atomic E-state index is 0.212. The van der Waals surface area contributed by atoms with E-state index in [2.05, 4.69) is 15.3 Å². The number of anilines is 1. The zero-order valence-corrected chi connectivity index (χ0v) is 17.7. The van der Waals surface area contributed by atoms with Crippen LogP contribution in [0.25, 0.3) is 0 Å². The highest BCUT2D eigenvalue weighted by atomic mass is 32.2. The average Bonchev–Trinajstić information content (AvgIpc) is 2.97. The number of aromatic nitrogens is 2. The van der Waals surface area contributed by atoms with Gasteiger partial charge in [-0.1, -0.05) is 18.7 Å². The molecular weight excluding hydrogens is 420 g/mol. The van der Waals surface area contributed by atoms with Crippen LogP contribution in [0.15, 0.2) is 9.95 Å². The first-order valence-electron chi connectivity index (χ1n) is 9.41. The second-order valence-electron chi connectivity index (χ2n) is 7.33. The SMILES string of the molecule is CCCSc1nc(NC2CC(OCC(=O)O)CC2OC(C)(C)O)c([N+](=O)[O-])c(=O)[nH]1. The molecule has 2 rings (SSSR count). The van der Waals surface area contributed by atoms with E-state index in [9.17, 15) is 24.8 Å². The van der Waals surface area contributed by atoms with Crippen molar-refractivity contribution >= 4 is 29.2 Å². The van der Waals surface area contributed by atoms with E-state index in [1.807, 2.05) is 6.92 Å². The predicted octanol–water partition coefficient (Wildman–Crippen LogP) is 1.34. The van der Waals surface area contributed by atoms with Crippen molar-refractivity contribution in [1.82, 2.24) is 9.97 Å². The molecule has 3 unspecified atom stereocenters. The number of nitrogens with zero attached hydrogens (tertiary/aromatic N) is 2. The Labute approximate surface area is 176 Å². The highest BCUT2D eigenvalue weighted by Crippen LogP contribution is 2.32. The van der Waals surface area contributed by atoms with Gasteiger partial charge in [0.1, 0.15) is 6.61 Å². The number of carbonyl (C=O) groups is 1. The molecule has 1 aliphatic carbocycles. The second kappa shape index (κ2) is 10.2. The van der Waals surface area contributed by atoms with E-state index in [0.29, 0.717) is 5.75 Å². The zero-order valence-electron chi connectivity index (χ0n) is 16.9. The summed E-state index contributed by atoms with van der Waals surface area (Å²) in [7, 11) is 0. The maximum Gasteiger partial charge on any atom is 0.375 e. The van der Waals surface area contributed by atoms with Crippen molar-refractivity contribution < 1.29 is 29.4 Å². The van der Waals surface area contributed by atoms with Crippen LogP contribution in [0, 0.1) is 10.1 Å². The third-order valence-corrected chi connectivity index (χ3v) is 5.24. The number of nitrogens with one attached hydrogen (secondary N) is 2. The van der Waals surface area contributed by atoms with Crippen molar-refractivity contribution in [2.75, 3.05) is 17.7 Å². The Morgan fingerprint density at radius 1 is 1.47 bits per heavy atom. The van der Waals surface area contributed by atoms with Crippen LogP contribution in [0.3, 0.4) is 0 Å². The molecule has 13 heteroatoms. The third kappa shape index (κ3) is 6.93. The highest BCUT2D eigenvalue weighted by Gasteiger charge is 2.40. The molecule has 0 spiro atoms. The standard InChI is InChI=1S/C17H26N4O8S/c1-4-5-30-16-19-14(13(21(26)27)15(24)20-16)18-10-6-9(28-8-12(22)23)7-11(10)29-17(2,3)25/h9-11,25H,4-8H2,1-3H3,(H,22,23)(H2,18,19,20,24). The summed E-state index contributed by atoms with van der Waals surface area (Å²) in [4.78, 5) is 40.2. The molecule has 30 heavy (non-hydrogen) atoms. The van der Waals surface area contributed by atoms with Gasteiger partial charge in [0, 0.05) is 12.2 Å². The number of carboxylic acid groups (broad SMARTS) is 1. The number of ether oxygens (including phenoxy) is 2. The molecule has 1 fully saturated rings. The van der Waals surface area contributed by atoms with Crippen molar-refractivity contribution in [1.29, 1.82) is 0 Å². The predicted molar refractivity (Wildman–Crippen MR) is 108 cm³/mol. The largest absolute Gasteiger partial charge is 0.480 e. The molecule has 168 valence electrons. The number of thioether (sulfide) groups is 1. The van der Waals surface area contributed by atoms with E-state index in [1.165, 1.54) is 25.6 Å². The number of aromatic amines is 1. The summed E-state index contributed by atoms with van der Waals surface area (Å²) in [5.74, 6) is -2.17. The molecule has 1 aromatic heterocycles. The van der Waals surface area contributed by atoms with Gasteiger partial charge in [0.05, 0.1) is 23.2 Å². The molecule has 1 aliphatic rings. The molecule has 0 aromatic carbocycles. The number of H-pyrrole nitrogens is 1. The first kappa shape index (κ1) is 24.1. The molecule has 12 nitrogen and oxygen atoms in total. The monoisotopic (exact) mass is 446 g/mol. The van der Waals surface area contributed by atoms with Gasteiger partial charge < -0.3 is 25.0 Å². The zero-order chi connectivity index (χ0) is 22.5. The lowest BCUT2D eigenvalue weighted by molar-refractivity contribution is -0.385. The van der Waals surface area contributed by atoms with Crippen molar-refractivity contribution in [2.24, 2.45) is 0 Å². The van der Waals surface area contributed by atoms with Gasteiger partial charge in [-0.2, -0.15) is 4.98 Å². The fourth-order valence-corrected chi connectivity index (χ4v) is 3.81. The molecule has 4 N–H and O–H groups in total. The molecule has 0 bridgehead atoms. The summed E-state index contributed by atoms with van der Waals surface area (Å²) in [6.45, 7) is 4.31. The smallest absolute Gasteiger partial charge is 0.375 e. The lowest BCUT2D eigenvalue weighted by Gasteiger charge is -2.28. The highest BCUT2D eigenvalue weighted by molar-refractivity contribution is 7.99. The summed E-state index contributed by atoms with van der Waals surface area (Å²) in [5.41, 5.74) is -1.61. The van der Waals surface area contributed by atoms with Gasteiger partial charge in [-0.25, -0.2) is 4.79 Å². The summed E-state index contributed by atoms with van der Waals surface area (Å²) in [6, 6.07) is -0.604. The Balaban J connectivity index is 2.30. The van der Waals surface area contributed by atoms with E-state index in [-0.39, 0.29) is 23.8 Å². The lowest BCUT2D eigenvalue weighted by atomic mass is 10.2. The fraction of sp³-hybridized carbons (Fsp3) is 0.706. The van der Waals surface area contributed by atoms with Gasteiger partial charge in [0.2, 0.25) is 5.82 Å². The van der Waals surface area contributed by atoms with Crippen LogP contribution in [0.5, 0.6) is 0 Å². The van der Waals surface area contributed by atoms with Crippen LogP contribution in [0.2, 0.25) is 0 Å². The van der Waals surface area contributed by atoms with Crippen LogP contribution < -0.4 is 10.9 Å². The summed E-state index contributed by atoms with van der Waals surface area (Å²) >= 11 is 1.26. The Bertz CT molecular complexity index is 825. The summed E-state index contributed by atoms with van der Waals surface area (Å²) < 4.78 is 11.0. The number of nitro groups is 1. The lowest BCUT2D eigenvalue weighted by Crippen LogP contribution is -2.38. The van der Waals surface area contributed by atoms with E-state index in [0.717, 1.165) is 6.42 Å². The molecule has 0 radical (unpaired) electrons. The maximum absolute atomic E-state index is 12.2. The van der Waals surface area contributed by atoms with Gasteiger partial charge in [-0.15, -0.1) is 0 Å². The van der Waals surface area contributed by atoms with Gasteiger partial charge >= 0.3 is 17.2 Å². The van der Waals surface area contributed by atoms with E-state index < -0.39 is 52.8 Å².